The number of ether oxygens (including phenoxy) is 1. The molecule has 0 radical (unpaired) electrons. The summed E-state index contributed by atoms with van der Waals surface area (Å²) in [6, 6.07) is 27.6. The predicted molar refractivity (Wildman–Crippen MR) is 199 cm³/mol. The van der Waals surface area contributed by atoms with E-state index in [4.69, 9.17) is 13.8 Å². The first kappa shape index (κ1) is 36.5. The minimum absolute atomic E-state index is 0.117. The van der Waals surface area contributed by atoms with Gasteiger partial charge in [-0.2, -0.15) is 4.90 Å². The Morgan fingerprint density at radius 3 is 2.14 bits per heavy atom. The van der Waals surface area contributed by atoms with Crippen LogP contribution in [0.25, 0.3) is 6.08 Å². The maximum atomic E-state index is 13.8. The van der Waals surface area contributed by atoms with E-state index >= 15 is 0 Å². The lowest BCUT2D eigenvalue weighted by Gasteiger charge is -2.46. The third-order valence-electron chi connectivity index (χ3n) is 10.7. The molecule has 11 heteroatoms. The van der Waals surface area contributed by atoms with Gasteiger partial charge >= 0.3 is 13.2 Å². The summed E-state index contributed by atoms with van der Waals surface area (Å²) < 4.78 is 18.5. The highest BCUT2D eigenvalue weighted by Gasteiger charge is 2.59. The van der Waals surface area contributed by atoms with Crippen molar-refractivity contribution in [3.8, 4) is 5.75 Å². The van der Waals surface area contributed by atoms with Gasteiger partial charge in [-0.25, -0.2) is 4.79 Å². The van der Waals surface area contributed by atoms with Gasteiger partial charge in [-0.15, -0.1) is 0 Å². The summed E-state index contributed by atoms with van der Waals surface area (Å²) in [6.07, 6.45) is 2.00. The number of nitrogens with zero attached hydrogens (tertiary/aromatic N) is 1. The van der Waals surface area contributed by atoms with Crippen molar-refractivity contribution in [2.24, 2.45) is 17.8 Å². The van der Waals surface area contributed by atoms with E-state index in [0.717, 1.165) is 39.8 Å². The molecule has 266 valence electrons. The van der Waals surface area contributed by atoms with Crippen LogP contribution in [0.3, 0.4) is 0 Å². The average Bonchev–Trinajstić information content (AvgIpc) is 3.37. The van der Waals surface area contributed by atoms with Crippen molar-refractivity contribution in [2.45, 2.75) is 64.4 Å². The van der Waals surface area contributed by atoms with E-state index in [2.05, 4.69) is 45.0 Å². The quantitative estimate of drug-likeness (QED) is 0.165. The molecule has 3 amide bonds. The van der Waals surface area contributed by atoms with E-state index in [1.807, 2.05) is 61.5 Å². The molecule has 3 aliphatic rings. The topological polar surface area (TPSA) is 123 Å². The van der Waals surface area contributed by atoms with Gasteiger partial charge in [-0.1, -0.05) is 105 Å². The number of phenols is 1. The Morgan fingerprint density at radius 2 is 1.57 bits per heavy atom. The number of phenolic OH excluding ortho intramolecular Hbond substituents is 1. The number of methoxy groups -OCH3 is 1. The molecule has 6 rings (SSSR count). The van der Waals surface area contributed by atoms with Crippen LogP contribution in [0.5, 0.6) is 5.75 Å². The Hall–Kier alpha value is -4.29. The van der Waals surface area contributed by atoms with Gasteiger partial charge in [0.25, 0.3) is 8.32 Å². The summed E-state index contributed by atoms with van der Waals surface area (Å²) in [5, 5.41) is 22.7. The highest BCUT2D eigenvalue weighted by Crippen LogP contribution is 2.51. The molecule has 2 aliphatic heterocycles. The van der Waals surface area contributed by atoms with Gasteiger partial charge in [0.1, 0.15) is 5.75 Å². The van der Waals surface area contributed by atoms with Crippen LogP contribution in [0.2, 0.25) is 11.4 Å². The number of amides is 3. The standard InChI is InChI=1S/C40H46BNO8Si/c1-26(22-27-17-19-29(43)20-18-27)16-21-34-35-28(23-32-36(33(35)24-41(47)50-34)38(45)42(37(32)44)39(46)48-5)25-49-51(40(2,3)4,30-12-8-6-9-13-30)31-14-10-7-11-15-31/h6-15,17-20,22,32-34,36,43,47H,16,21,23-25H2,1-5H3/b26-22+/t32-,33+,34-,36-/m1/s1. The molecular formula is C40H46BNO8Si. The highest BCUT2D eigenvalue weighted by atomic mass is 28.4. The van der Waals surface area contributed by atoms with Crippen LogP contribution in [0.15, 0.2) is 102 Å². The van der Waals surface area contributed by atoms with Crippen molar-refractivity contribution in [2.75, 3.05) is 13.7 Å². The van der Waals surface area contributed by atoms with E-state index in [9.17, 15) is 24.5 Å². The lowest BCUT2D eigenvalue weighted by Crippen LogP contribution is -2.66. The zero-order valence-corrected chi connectivity index (χ0v) is 30.9. The first-order valence-corrected chi connectivity index (χ1v) is 19.5. The van der Waals surface area contributed by atoms with Crippen LogP contribution >= 0.6 is 0 Å². The Kier molecular flexibility index (Phi) is 10.6. The van der Waals surface area contributed by atoms with Crippen molar-refractivity contribution in [3.63, 3.8) is 0 Å². The Balaban J connectivity index is 1.42. The van der Waals surface area contributed by atoms with Gasteiger partial charge in [-0.05, 0) is 82.7 Å². The van der Waals surface area contributed by atoms with E-state index < -0.39 is 57.2 Å². The lowest BCUT2D eigenvalue weighted by atomic mass is 9.58. The van der Waals surface area contributed by atoms with Gasteiger partial charge in [0.15, 0.2) is 0 Å². The number of allylic oxidation sites excluding steroid dienone is 1. The van der Waals surface area contributed by atoms with Crippen molar-refractivity contribution in [3.05, 3.63) is 107 Å². The molecule has 0 unspecified atom stereocenters. The van der Waals surface area contributed by atoms with Crippen LogP contribution in [0.1, 0.15) is 52.5 Å². The number of rotatable bonds is 9. The van der Waals surface area contributed by atoms with E-state index in [0.29, 0.717) is 17.7 Å². The number of carbonyl (C=O) groups excluding carboxylic acids is 3. The molecule has 9 nitrogen and oxygen atoms in total. The second kappa shape index (κ2) is 14.8. The largest absolute Gasteiger partial charge is 0.508 e. The molecule has 4 atom stereocenters. The number of fused-ring (bicyclic) bond motifs is 3. The van der Waals surface area contributed by atoms with Gasteiger partial charge in [0.2, 0.25) is 11.8 Å². The van der Waals surface area contributed by atoms with Crippen LogP contribution in [0.4, 0.5) is 4.79 Å². The molecule has 2 heterocycles. The molecule has 1 aliphatic carbocycles. The molecule has 51 heavy (non-hydrogen) atoms. The summed E-state index contributed by atoms with van der Waals surface area (Å²) in [6.45, 7) is 8.83. The minimum atomic E-state index is -3.00. The number of likely N-dealkylation sites (tertiary alicyclic amines) is 1. The van der Waals surface area contributed by atoms with Crippen LogP contribution in [0, 0.1) is 17.8 Å². The van der Waals surface area contributed by atoms with Gasteiger partial charge in [0.05, 0.1) is 31.7 Å². The fraction of sp³-hybridized carbons (Fsp3) is 0.375. The third kappa shape index (κ3) is 7.00. The third-order valence-corrected chi connectivity index (χ3v) is 15.6. The minimum Gasteiger partial charge on any atom is -0.508 e. The van der Waals surface area contributed by atoms with E-state index in [-0.39, 0.29) is 30.1 Å². The molecule has 2 fully saturated rings. The number of carbonyl (C=O) groups is 3. The summed E-state index contributed by atoms with van der Waals surface area (Å²) in [5.74, 6) is -3.11. The van der Waals surface area contributed by atoms with Gasteiger partial charge in [-0.3, -0.25) is 9.59 Å². The first-order chi connectivity index (χ1) is 24.4. The summed E-state index contributed by atoms with van der Waals surface area (Å²) >= 11 is 0. The second-order valence-electron chi connectivity index (χ2n) is 14.9. The number of imide groups is 3. The SMILES string of the molecule is COC(=O)N1C(=O)[C@@H]2[C@@H](CC(CO[Si](c3ccccc3)(c3ccccc3)C(C)(C)C)=C3[C@@H](CC/C(C)=C/c4ccc(O)cc4)OB(O)C[C@@H]32)C1=O. The Bertz CT molecular complexity index is 1780. The molecule has 3 aromatic rings. The fourth-order valence-electron chi connectivity index (χ4n) is 8.41. The molecular weight excluding hydrogens is 661 g/mol. The molecule has 2 N–H and O–H groups in total. The van der Waals surface area contributed by atoms with Crippen molar-refractivity contribution in [1.82, 2.24) is 4.90 Å². The van der Waals surface area contributed by atoms with Crippen LogP contribution < -0.4 is 10.4 Å². The van der Waals surface area contributed by atoms with Gasteiger partial charge in [0, 0.05) is 0 Å². The summed E-state index contributed by atoms with van der Waals surface area (Å²) in [5.41, 5.74) is 3.78. The molecule has 2 saturated heterocycles. The van der Waals surface area contributed by atoms with Crippen molar-refractivity contribution in [1.29, 1.82) is 0 Å². The second-order valence-corrected chi connectivity index (χ2v) is 19.2. The lowest BCUT2D eigenvalue weighted by molar-refractivity contribution is -0.137. The van der Waals surface area contributed by atoms with Gasteiger partial charge < -0.3 is 23.9 Å². The fourth-order valence-corrected chi connectivity index (χ4v) is 13.0. The van der Waals surface area contributed by atoms with Crippen molar-refractivity contribution >= 4 is 49.8 Å². The molecule has 3 aromatic carbocycles. The van der Waals surface area contributed by atoms with Crippen LogP contribution in [-0.2, 0) is 23.4 Å². The highest BCUT2D eigenvalue weighted by molar-refractivity contribution is 6.99. The number of hydrogen-bond acceptors (Lipinski definition) is 8. The average molecular weight is 708 g/mol. The monoisotopic (exact) mass is 707 g/mol. The zero-order chi connectivity index (χ0) is 36.5. The maximum absolute atomic E-state index is 13.8. The first-order valence-electron chi connectivity index (χ1n) is 17.6. The summed E-state index contributed by atoms with van der Waals surface area (Å²) in [7, 11) is -3.00. The molecule has 0 aromatic heterocycles. The smallest absolute Gasteiger partial charge is 0.455 e. The Morgan fingerprint density at radius 1 is 0.961 bits per heavy atom. The van der Waals surface area contributed by atoms with Crippen molar-refractivity contribution < 1.29 is 38.3 Å². The molecule has 0 spiro atoms. The zero-order valence-electron chi connectivity index (χ0n) is 29.9. The maximum Gasteiger partial charge on any atom is 0.455 e. The Labute approximate surface area is 301 Å². The number of benzene rings is 3. The van der Waals surface area contributed by atoms with E-state index in [1.54, 1.807) is 12.1 Å². The normalized spacial score (nSPS) is 22.6. The van der Waals surface area contributed by atoms with Crippen LogP contribution in [-0.4, -0.2) is 68.2 Å². The molecule has 0 bridgehead atoms. The predicted octanol–water partition coefficient (Wildman–Crippen LogP) is 5.72. The molecule has 0 saturated carbocycles. The number of aromatic hydroxyl groups is 1. The summed E-state index contributed by atoms with van der Waals surface area (Å²) in [4.78, 5) is 41.0. The number of hydrogen-bond donors (Lipinski definition) is 2. The van der Waals surface area contributed by atoms with E-state index in [1.165, 1.54) is 0 Å².